The van der Waals surface area contributed by atoms with Crippen LogP contribution in [0.25, 0.3) is 88.4 Å². The summed E-state index contributed by atoms with van der Waals surface area (Å²) in [6, 6.07) is 62.5. The first-order valence-electron chi connectivity index (χ1n) is 17.4. The van der Waals surface area contributed by atoms with E-state index in [9.17, 15) is 5.26 Å². The first-order valence-corrected chi connectivity index (χ1v) is 17.4. The molecule has 0 unspecified atom stereocenters. The second-order valence-electron chi connectivity index (χ2n) is 13.1. The van der Waals surface area contributed by atoms with Gasteiger partial charge in [0, 0.05) is 39.5 Å². The highest BCUT2D eigenvalue weighted by molar-refractivity contribution is 6.13. The topological polar surface area (TPSA) is 46.5 Å². The fourth-order valence-electron chi connectivity index (χ4n) is 7.88. The van der Waals surface area contributed by atoms with Crippen LogP contribution < -0.4 is 0 Å². The van der Waals surface area contributed by atoms with E-state index in [1.165, 1.54) is 33.0 Å². The summed E-state index contributed by atoms with van der Waals surface area (Å²) in [6.07, 6.45) is 3.57. The van der Waals surface area contributed by atoms with Crippen LogP contribution in [0, 0.1) is 11.3 Å². The van der Waals surface area contributed by atoms with Crippen molar-refractivity contribution in [1.29, 1.82) is 5.26 Å². The summed E-state index contributed by atoms with van der Waals surface area (Å²) in [7, 11) is 0. The van der Waals surface area contributed by atoms with Crippen molar-refractivity contribution in [2.45, 2.75) is 0 Å². The molecule has 4 heteroatoms. The van der Waals surface area contributed by atoms with E-state index in [0.717, 1.165) is 55.3 Å². The molecule has 4 nitrogen and oxygen atoms in total. The minimum absolute atomic E-state index is 0.601. The number of aromatic nitrogens is 3. The fraction of sp³-hybridized carbons (Fsp3) is 0. The van der Waals surface area contributed by atoms with Crippen LogP contribution in [-0.2, 0) is 0 Å². The van der Waals surface area contributed by atoms with Crippen LogP contribution in [0.1, 0.15) is 5.56 Å². The van der Waals surface area contributed by atoms with Crippen molar-refractivity contribution in [1.82, 2.24) is 14.1 Å². The SMILES string of the molecule is N#Cc1cc(-n2c3ccccc3c3cc(-c4ccccc4)ccc32)c(-n2c3ccccc3c3cc(-c4ccccc4)ccc32)cc1-c1ccncc1. The monoisotopic (exact) mass is 662 g/mol. The lowest BCUT2D eigenvalue weighted by molar-refractivity contribution is 1.09. The molecule has 0 aliphatic rings. The maximum Gasteiger partial charge on any atom is 0.0998 e. The zero-order valence-electron chi connectivity index (χ0n) is 28.1. The Labute approximate surface area is 300 Å². The third kappa shape index (κ3) is 4.65. The molecule has 10 rings (SSSR count). The van der Waals surface area contributed by atoms with Gasteiger partial charge >= 0.3 is 0 Å². The lowest BCUT2D eigenvalue weighted by Crippen LogP contribution is -2.05. The summed E-state index contributed by atoms with van der Waals surface area (Å²) < 4.78 is 4.71. The molecule has 0 radical (unpaired) electrons. The number of rotatable bonds is 5. The van der Waals surface area contributed by atoms with E-state index in [0.29, 0.717) is 5.56 Å². The maximum atomic E-state index is 10.7. The molecular formula is C48H30N4. The van der Waals surface area contributed by atoms with Gasteiger partial charge in [0.25, 0.3) is 0 Å². The van der Waals surface area contributed by atoms with E-state index >= 15 is 0 Å². The molecule has 3 aromatic heterocycles. The quantitative estimate of drug-likeness (QED) is 0.184. The second-order valence-corrected chi connectivity index (χ2v) is 13.1. The van der Waals surface area contributed by atoms with E-state index in [-0.39, 0.29) is 0 Å². The Hall–Kier alpha value is -7.22. The van der Waals surface area contributed by atoms with E-state index in [2.05, 4.69) is 178 Å². The zero-order valence-corrected chi connectivity index (χ0v) is 28.1. The normalized spacial score (nSPS) is 11.4. The highest BCUT2D eigenvalue weighted by Gasteiger charge is 2.22. The molecule has 0 amide bonds. The molecule has 10 aromatic rings. The number of hydrogen-bond donors (Lipinski definition) is 0. The Morgan fingerprint density at radius 2 is 0.846 bits per heavy atom. The van der Waals surface area contributed by atoms with Gasteiger partial charge in [0.15, 0.2) is 0 Å². The number of nitrogens with zero attached hydrogens (tertiary/aromatic N) is 4. The molecule has 0 fully saturated rings. The molecule has 0 aliphatic carbocycles. The Kier molecular flexibility index (Phi) is 6.84. The van der Waals surface area contributed by atoms with Gasteiger partial charge in [0.2, 0.25) is 0 Å². The Morgan fingerprint density at radius 3 is 1.37 bits per heavy atom. The van der Waals surface area contributed by atoms with Crippen molar-refractivity contribution in [2.75, 3.05) is 0 Å². The van der Waals surface area contributed by atoms with Gasteiger partial charge < -0.3 is 9.13 Å². The largest absolute Gasteiger partial charge is 0.307 e. The van der Waals surface area contributed by atoms with E-state index in [1.54, 1.807) is 12.4 Å². The van der Waals surface area contributed by atoms with Crippen LogP contribution in [0.15, 0.2) is 182 Å². The molecule has 3 heterocycles. The summed E-state index contributed by atoms with van der Waals surface area (Å²) in [5.74, 6) is 0. The molecule has 0 saturated heterocycles. The number of fused-ring (bicyclic) bond motifs is 6. The molecule has 0 spiro atoms. The number of pyridine rings is 1. The third-order valence-corrected chi connectivity index (χ3v) is 10.3. The summed E-state index contributed by atoms with van der Waals surface area (Å²) in [4.78, 5) is 4.28. The molecule has 242 valence electrons. The molecular weight excluding hydrogens is 633 g/mol. The van der Waals surface area contributed by atoms with Gasteiger partial charge in [-0.3, -0.25) is 4.98 Å². The van der Waals surface area contributed by atoms with Gasteiger partial charge in [-0.1, -0.05) is 109 Å². The maximum absolute atomic E-state index is 10.7. The van der Waals surface area contributed by atoms with Gasteiger partial charge in [0.1, 0.15) is 0 Å². The molecule has 0 saturated carbocycles. The zero-order chi connectivity index (χ0) is 34.6. The molecule has 0 atom stereocenters. The van der Waals surface area contributed by atoms with Crippen molar-refractivity contribution in [3.05, 3.63) is 188 Å². The Bertz CT molecular complexity index is 3000. The predicted molar refractivity (Wildman–Crippen MR) is 214 cm³/mol. The Morgan fingerprint density at radius 1 is 0.385 bits per heavy atom. The molecule has 0 aliphatic heterocycles. The Balaban J connectivity index is 1.33. The van der Waals surface area contributed by atoms with Gasteiger partial charge in [-0.25, -0.2) is 0 Å². The summed E-state index contributed by atoms with van der Waals surface area (Å²) in [5, 5.41) is 15.4. The van der Waals surface area contributed by atoms with Gasteiger partial charge in [-0.05, 0) is 88.5 Å². The van der Waals surface area contributed by atoms with Gasteiger partial charge in [-0.15, -0.1) is 0 Å². The van der Waals surface area contributed by atoms with E-state index in [4.69, 9.17) is 0 Å². The van der Waals surface area contributed by atoms with Crippen LogP contribution in [0.5, 0.6) is 0 Å². The number of benzene rings is 7. The summed E-state index contributed by atoms with van der Waals surface area (Å²) in [5.41, 5.74) is 13.4. The van der Waals surface area contributed by atoms with Crippen molar-refractivity contribution < 1.29 is 0 Å². The third-order valence-electron chi connectivity index (χ3n) is 10.3. The molecule has 52 heavy (non-hydrogen) atoms. The average molecular weight is 663 g/mol. The summed E-state index contributed by atoms with van der Waals surface area (Å²) in [6.45, 7) is 0. The average Bonchev–Trinajstić information content (AvgIpc) is 3.73. The van der Waals surface area contributed by atoms with Crippen molar-refractivity contribution >= 4 is 43.6 Å². The van der Waals surface area contributed by atoms with E-state index < -0.39 is 0 Å². The predicted octanol–water partition coefficient (Wildman–Crippen LogP) is 12.1. The standard InChI is InChI=1S/C48H30N4/c49-31-37-29-47(51-43-17-9-7-15-38(43)41-27-35(19-21-45(41)51)32-11-3-1-4-12-32)48(30-40(37)34-23-25-50-26-24-34)52-44-18-10-8-16-39(44)42-28-36(20-22-46(42)52)33-13-5-2-6-14-33/h1-30H. The second kappa shape index (κ2) is 12.0. The number of hydrogen-bond acceptors (Lipinski definition) is 2. The van der Waals surface area contributed by atoms with Crippen molar-refractivity contribution in [3.63, 3.8) is 0 Å². The van der Waals surface area contributed by atoms with Gasteiger partial charge in [-0.2, -0.15) is 5.26 Å². The van der Waals surface area contributed by atoms with Crippen LogP contribution >= 0.6 is 0 Å². The molecule has 0 N–H and O–H groups in total. The van der Waals surface area contributed by atoms with Crippen LogP contribution in [0.3, 0.4) is 0 Å². The van der Waals surface area contributed by atoms with Gasteiger partial charge in [0.05, 0.1) is 45.1 Å². The lowest BCUT2D eigenvalue weighted by atomic mass is 9.98. The lowest BCUT2D eigenvalue weighted by Gasteiger charge is -2.19. The minimum Gasteiger partial charge on any atom is -0.307 e. The first-order chi connectivity index (χ1) is 25.8. The van der Waals surface area contributed by atoms with Crippen LogP contribution in [0.4, 0.5) is 0 Å². The van der Waals surface area contributed by atoms with Crippen LogP contribution in [-0.4, -0.2) is 14.1 Å². The minimum atomic E-state index is 0.601. The van der Waals surface area contributed by atoms with Crippen molar-refractivity contribution in [2.24, 2.45) is 0 Å². The summed E-state index contributed by atoms with van der Waals surface area (Å²) >= 11 is 0. The smallest absolute Gasteiger partial charge is 0.0998 e. The van der Waals surface area contributed by atoms with Crippen LogP contribution in [0.2, 0.25) is 0 Å². The highest BCUT2D eigenvalue weighted by Crippen LogP contribution is 2.42. The fourth-order valence-corrected chi connectivity index (χ4v) is 7.88. The van der Waals surface area contributed by atoms with Crippen molar-refractivity contribution in [3.8, 4) is 50.8 Å². The highest BCUT2D eigenvalue weighted by atomic mass is 15.1. The number of para-hydroxylation sites is 2. The molecule has 7 aromatic carbocycles. The van der Waals surface area contributed by atoms with E-state index in [1.807, 2.05) is 12.1 Å². The molecule has 0 bridgehead atoms. The first kappa shape index (κ1) is 29.7. The number of nitriles is 1.